The SMILES string of the molecule is CC(C)CN(C(=O)c1cc(CN2CCC(O)CC2)on1)C1CC1. The van der Waals surface area contributed by atoms with E-state index in [1.807, 2.05) is 4.90 Å². The summed E-state index contributed by atoms with van der Waals surface area (Å²) in [5, 5.41) is 13.5. The quantitative estimate of drug-likeness (QED) is 0.866. The highest BCUT2D eigenvalue weighted by atomic mass is 16.5. The van der Waals surface area contributed by atoms with Gasteiger partial charge >= 0.3 is 0 Å². The third kappa shape index (κ3) is 4.32. The molecule has 1 N–H and O–H groups in total. The van der Waals surface area contributed by atoms with Gasteiger partial charge < -0.3 is 14.5 Å². The second kappa shape index (κ2) is 7.01. The molecule has 0 spiro atoms. The summed E-state index contributed by atoms with van der Waals surface area (Å²) in [7, 11) is 0. The minimum absolute atomic E-state index is 0.00901. The minimum atomic E-state index is -0.179. The molecule has 1 amide bonds. The molecule has 6 heteroatoms. The highest BCUT2D eigenvalue weighted by Gasteiger charge is 2.34. The molecule has 2 aliphatic rings. The van der Waals surface area contributed by atoms with E-state index in [2.05, 4.69) is 23.9 Å². The first-order chi connectivity index (χ1) is 11.0. The molecular formula is C17H27N3O3. The maximum Gasteiger partial charge on any atom is 0.276 e. The molecule has 1 aromatic heterocycles. The number of likely N-dealkylation sites (tertiary alicyclic amines) is 1. The molecule has 1 aromatic rings. The number of rotatable bonds is 6. The smallest absolute Gasteiger partial charge is 0.276 e. The Morgan fingerprint density at radius 2 is 2.09 bits per heavy atom. The predicted octanol–water partition coefficient (Wildman–Crippen LogP) is 1.89. The Balaban J connectivity index is 1.60. The molecule has 0 bridgehead atoms. The number of aliphatic hydroxyl groups is 1. The van der Waals surface area contributed by atoms with Gasteiger partial charge in [0.15, 0.2) is 11.5 Å². The van der Waals surface area contributed by atoms with Gasteiger partial charge in [0.05, 0.1) is 12.6 Å². The Kier molecular flexibility index (Phi) is 5.02. The van der Waals surface area contributed by atoms with Crippen LogP contribution in [-0.2, 0) is 6.54 Å². The molecular weight excluding hydrogens is 294 g/mol. The molecule has 128 valence electrons. The van der Waals surface area contributed by atoms with Crippen LogP contribution in [0, 0.1) is 5.92 Å². The van der Waals surface area contributed by atoms with Crippen LogP contribution in [0.25, 0.3) is 0 Å². The van der Waals surface area contributed by atoms with E-state index in [0.717, 1.165) is 51.1 Å². The number of hydrogen-bond donors (Lipinski definition) is 1. The van der Waals surface area contributed by atoms with Crippen LogP contribution in [0.2, 0.25) is 0 Å². The largest absolute Gasteiger partial charge is 0.393 e. The van der Waals surface area contributed by atoms with Gasteiger partial charge in [-0.05, 0) is 31.6 Å². The van der Waals surface area contributed by atoms with E-state index in [0.29, 0.717) is 24.2 Å². The van der Waals surface area contributed by atoms with Crippen molar-refractivity contribution in [3.8, 4) is 0 Å². The van der Waals surface area contributed by atoms with E-state index in [-0.39, 0.29) is 12.0 Å². The Bertz CT molecular complexity index is 531. The number of hydrogen-bond acceptors (Lipinski definition) is 5. The number of nitrogens with zero attached hydrogens (tertiary/aromatic N) is 3. The lowest BCUT2D eigenvalue weighted by Crippen LogP contribution is -2.36. The fourth-order valence-electron chi connectivity index (χ4n) is 3.11. The number of carbonyl (C=O) groups is 1. The lowest BCUT2D eigenvalue weighted by Gasteiger charge is -2.28. The van der Waals surface area contributed by atoms with Crippen LogP contribution in [-0.4, -0.2) is 57.8 Å². The molecule has 2 heterocycles. The van der Waals surface area contributed by atoms with E-state index in [4.69, 9.17) is 4.52 Å². The molecule has 1 saturated heterocycles. The van der Waals surface area contributed by atoms with E-state index >= 15 is 0 Å². The number of carbonyl (C=O) groups excluding carboxylic acids is 1. The topological polar surface area (TPSA) is 69.8 Å². The number of aliphatic hydroxyl groups excluding tert-OH is 1. The average molecular weight is 321 g/mol. The number of piperidine rings is 1. The molecule has 1 saturated carbocycles. The van der Waals surface area contributed by atoms with E-state index < -0.39 is 0 Å². The van der Waals surface area contributed by atoms with Gasteiger partial charge in [-0.15, -0.1) is 0 Å². The van der Waals surface area contributed by atoms with Crippen molar-refractivity contribution in [3.63, 3.8) is 0 Å². The zero-order valence-electron chi connectivity index (χ0n) is 14.1. The Morgan fingerprint density at radius 3 is 2.70 bits per heavy atom. The summed E-state index contributed by atoms with van der Waals surface area (Å²) in [6, 6.07) is 2.16. The zero-order chi connectivity index (χ0) is 16.4. The normalized spacial score (nSPS) is 20.2. The molecule has 3 rings (SSSR count). The molecule has 0 unspecified atom stereocenters. The van der Waals surface area contributed by atoms with Gasteiger partial charge in [-0.3, -0.25) is 9.69 Å². The summed E-state index contributed by atoms with van der Waals surface area (Å²) in [6.07, 6.45) is 3.60. The van der Waals surface area contributed by atoms with E-state index in [9.17, 15) is 9.90 Å². The second-order valence-electron chi connectivity index (χ2n) is 7.27. The number of aromatic nitrogens is 1. The van der Waals surface area contributed by atoms with Gasteiger partial charge in [-0.2, -0.15) is 0 Å². The fraction of sp³-hybridized carbons (Fsp3) is 0.765. The zero-order valence-corrected chi connectivity index (χ0v) is 14.1. The van der Waals surface area contributed by atoms with Crippen molar-refractivity contribution in [2.45, 2.75) is 58.2 Å². The van der Waals surface area contributed by atoms with Crippen molar-refractivity contribution in [1.82, 2.24) is 15.0 Å². The van der Waals surface area contributed by atoms with Crippen LogP contribution in [0.4, 0.5) is 0 Å². The van der Waals surface area contributed by atoms with Gasteiger partial charge in [0.1, 0.15) is 0 Å². The van der Waals surface area contributed by atoms with Crippen molar-refractivity contribution in [2.24, 2.45) is 5.92 Å². The second-order valence-corrected chi connectivity index (χ2v) is 7.27. The van der Waals surface area contributed by atoms with Gasteiger partial charge in [0.25, 0.3) is 5.91 Å². The highest BCUT2D eigenvalue weighted by Crippen LogP contribution is 2.29. The molecule has 23 heavy (non-hydrogen) atoms. The Hall–Kier alpha value is -1.40. The van der Waals surface area contributed by atoms with Gasteiger partial charge in [0.2, 0.25) is 0 Å². The maximum atomic E-state index is 12.7. The maximum absolute atomic E-state index is 12.7. The third-order valence-corrected chi connectivity index (χ3v) is 4.52. The van der Waals surface area contributed by atoms with Crippen LogP contribution >= 0.6 is 0 Å². The summed E-state index contributed by atoms with van der Waals surface area (Å²) < 4.78 is 5.37. The Labute approximate surface area is 137 Å². The van der Waals surface area contributed by atoms with Crippen molar-refractivity contribution in [1.29, 1.82) is 0 Å². The summed E-state index contributed by atoms with van der Waals surface area (Å²) in [5.74, 6) is 1.17. The van der Waals surface area contributed by atoms with Crippen LogP contribution in [0.1, 0.15) is 55.8 Å². The molecule has 0 radical (unpaired) electrons. The predicted molar refractivity (Wildman–Crippen MR) is 85.9 cm³/mol. The lowest BCUT2D eigenvalue weighted by atomic mass is 10.1. The molecule has 1 aliphatic heterocycles. The third-order valence-electron chi connectivity index (χ3n) is 4.52. The summed E-state index contributed by atoms with van der Waals surface area (Å²) in [6.45, 7) is 7.39. The van der Waals surface area contributed by atoms with E-state index in [1.54, 1.807) is 6.07 Å². The van der Waals surface area contributed by atoms with Gasteiger partial charge in [-0.1, -0.05) is 19.0 Å². The molecule has 0 aromatic carbocycles. The van der Waals surface area contributed by atoms with Crippen molar-refractivity contribution >= 4 is 5.91 Å². The van der Waals surface area contributed by atoms with Gasteiger partial charge in [-0.25, -0.2) is 0 Å². The Morgan fingerprint density at radius 1 is 1.39 bits per heavy atom. The minimum Gasteiger partial charge on any atom is -0.393 e. The fourth-order valence-corrected chi connectivity index (χ4v) is 3.11. The average Bonchev–Trinajstić information content (AvgIpc) is 3.25. The van der Waals surface area contributed by atoms with Gasteiger partial charge in [0, 0.05) is 31.7 Å². The van der Waals surface area contributed by atoms with Crippen molar-refractivity contribution < 1.29 is 14.4 Å². The summed E-state index contributed by atoms with van der Waals surface area (Å²) in [5.41, 5.74) is 0.421. The number of amides is 1. The van der Waals surface area contributed by atoms with Crippen molar-refractivity contribution in [2.75, 3.05) is 19.6 Å². The van der Waals surface area contributed by atoms with E-state index in [1.165, 1.54) is 0 Å². The summed E-state index contributed by atoms with van der Waals surface area (Å²) in [4.78, 5) is 16.8. The molecule has 6 nitrogen and oxygen atoms in total. The monoisotopic (exact) mass is 321 g/mol. The summed E-state index contributed by atoms with van der Waals surface area (Å²) >= 11 is 0. The van der Waals surface area contributed by atoms with Crippen LogP contribution in [0.15, 0.2) is 10.6 Å². The van der Waals surface area contributed by atoms with Crippen LogP contribution < -0.4 is 0 Å². The first kappa shape index (κ1) is 16.5. The standard InChI is InChI=1S/C17H27N3O3/c1-12(2)10-20(13-3-4-13)17(22)16-9-15(23-18-16)11-19-7-5-14(21)6-8-19/h9,12-14,21H,3-8,10-11H2,1-2H3. The molecule has 0 atom stereocenters. The van der Waals surface area contributed by atoms with Crippen LogP contribution in [0.5, 0.6) is 0 Å². The molecule has 1 aliphatic carbocycles. The first-order valence-corrected chi connectivity index (χ1v) is 8.70. The highest BCUT2D eigenvalue weighted by molar-refractivity contribution is 5.92. The van der Waals surface area contributed by atoms with Crippen LogP contribution in [0.3, 0.4) is 0 Å². The first-order valence-electron chi connectivity index (χ1n) is 8.70. The van der Waals surface area contributed by atoms with Crippen molar-refractivity contribution in [3.05, 3.63) is 17.5 Å². The lowest BCUT2D eigenvalue weighted by molar-refractivity contribution is 0.0707. The molecule has 2 fully saturated rings.